The molecule has 0 atom stereocenters. The number of anilines is 1. The fourth-order valence-corrected chi connectivity index (χ4v) is 2.30. The summed E-state index contributed by atoms with van der Waals surface area (Å²) in [4.78, 5) is 12.0. The van der Waals surface area contributed by atoms with Crippen molar-refractivity contribution in [3.05, 3.63) is 64.2 Å². The molecule has 19 heavy (non-hydrogen) atoms. The lowest BCUT2D eigenvalue weighted by Gasteiger charge is -2.08. The molecule has 0 saturated heterocycles. The maximum Gasteiger partial charge on any atom is 0.228 e. The summed E-state index contributed by atoms with van der Waals surface area (Å²) < 4.78 is 0. The first-order valence-electron chi connectivity index (χ1n) is 6.15. The second-order valence-electron chi connectivity index (χ2n) is 4.73. The Bertz CT molecular complexity index is 587. The number of hydrogen-bond acceptors (Lipinski definition) is 1. The van der Waals surface area contributed by atoms with E-state index in [1.54, 1.807) is 6.07 Å². The van der Waals surface area contributed by atoms with Gasteiger partial charge in [-0.1, -0.05) is 29.8 Å². The molecule has 98 valence electrons. The van der Waals surface area contributed by atoms with Crippen LogP contribution < -0.4 is 5.32 Å². The number of nitrogens with one attached hydrogen (secondary N) is 1. The van der Waals surface area contributed by atoms with Crippen LogP contribution in [0.4, 0.5) is 5.69 Å². The minimum absolute atomic E-state index is 0.0349. The molecule has 0 saturated carbocycles. The number of carbonyl (C=O) groups is 1. The fourth-order valence-electron chi connectivity index (χ4n) is 2.08. The van der Waals surface area contributed by atoms with Crippen molar-refractivity contribution in [2.75, 3.05) is 5.32 Å². The Hall–Kier alpha value is -1.80. The summed E-state index contributed by atoms with van der Waals surface area (Å²) in [6.45, 7) is 4.03. The highest BCUT2D eigenvalue weighted by molar-refractivity contribution is 6.30. The minimum atomic E-state index is -0.0349. The number of amides is 1. The highest BCUT2D eigenvalue weighted by Gasteiger charge is 2.05. The zero-order valence-electron chi connectivity index (χ0n) is 11.0. The summed E-state index contributed by atoms with van der Waals surface area (Å²) in [5, 5.41) is 3.56. The molecular weight excluding hydrogens is 258 g/mol. The van der Waals surface area contributed by atoms with Crippen molar-refractivity contribution in [2.45, 2.75) is 20.3 Å². The van der Waals surface area contributed by atoms with Gasteiger partial charge in [0.2, 0.25) is 5.91 Å². The quantitative estimate of drug-likeness (QED) is 0.895. The number of benzene rings is 2. The van der Waals surface area contributed by atoms with Crippen molar-refractivity contribution < 1.29 is 4.79 Å². The SMILES string of the molecule is Cc1cc(C)cc(NC(=O)Cc2cccc(Cl)c2)c1. The van der Waals surface area contributed by atoms with Gasteiger partial charge in [0.25, 0.3) is 0 Å². The highest BCUT2D eigenvalue weighted by atomic mass is 35.5. The van der Waals surface area contributed by atoms with E-state index < -0.39 is 0 Å². The molecule has 3 heteroatoms. The highest BCUT2D eigenvalue weighted by Crippen LogP contribution is 2.15. The normalized spacial score (nSPS) is 10.3. The van der Waals surface area contributed by atoms with Crippen LogP contribution in [0.1, 0.15) is 16.7 Å². The van der Waals surface area contributed by atoms with Crippen LogP contribution >= 0.6 is 11.6 Å². The standard InChI is InChI=1S/C16H16ClNO/c1-11-6-12(2)8-15(7-11)18-16(19)10-13-4-3-5-14(17)9-13/h3-9H,10H2,1-2H3,(H,18,19). The lowest BCUT2D eigenvalue weighted by Crippen LogP contribution is -2.14. The molecule has 2 nitrogen and oxygen atoms in total. The molecule has 1 N–H and O–H groups in total. The van der Waals surface area contributed by atoms with Crippen LogP contribution in [0.5, 0.6) is 0 Å². The van der Waals surface area contributed by atoms with Crippen molar-refractivity contribution in [3.8, 4) is 0 Å². The van der Waals surface area contributed by atoms with Gasteiger partial charge in [-0.05, 0) is 54.8 Å². The fraction of sp³-hybridized carbons (Fsp3) is 0.188. The van der Waals surface area contributed by atoms with Crippen molar-refractivity contribution >= 4 is 23.2 Å². The maximum atomic E-state index is 12.0. The minimum Gasteiger partial charge on any atom is -0.326 e. The second-order valence-corrected chi connectivity index (χ2v) is 5.17. The Balaban J connectivity index is 2.05. The van der Waals surface area contributed by atoms with E-state index in [1.165, 1.54) is 0 Å². The Morgan fingerprint density at radius 2 is 1.79 bits per heavy atom. The molecule has 0 radical (unpaired) electrons. The van der Waals surface area contributed by atoms with E-state index in [-0.39, 0.29) is 5.91 Å². The topological polar surface area (TPSA) is 29.1 Å². The van der Waals surface area contributed by atoms with Gasteiger partial charge in [-0.2, -0.15) is 0 Å². The molecule has 0 aromatic heterocycles. The largest absolute Gasteiger partial charge is 0.326 e. The lowest BCUT2D eigenvalue weighted by atomic mass is 10.1. The molecule has 0 spiro atoms. The van der Waals surface area contributed by atoms with Crippen LogP contribution in [0.15, 0.2) is 42.5 Å². The van der Waals surface area contributed by atoms with Crippen molar-refractivity contribution in [2.24, 2.45) is 0 Å². The van der Waals surface area contributed by atoms with Gasteiger partial charge in [0.15, 0.2) is 0 Å². The van der Waals surface area contributed by atoms with Gasteiger partial charge in [-0.3, -0.25) is 4.79 Å². The van der Waals surface area contributed by atoms with Crippen LogP contribution in [-0.4, -0.2) is 5.91 Å². The zero-order chi connectivity index (χ0) is 13.8. The van der Waals surface area contributed by atoms with E-state index in [2.05, 4.69) is 11.4 Å². The van der Waals surface area contributed by atoms with Crippen LogP contribution in [-0.2, 0) is 11.2 Å². The number of halogens is 1. The molecule has 2 aromatic rings. The monoisotopic (exact) mass is 273 g/mol. The van der Waals surface area contributed by atoms with E-state index in [1.807, 2.05) is 44.2 Å². The van der Waals surface area contributed by atoms with Gasteiger partial charge in [-0.25, -0.2) is 0 Å². The third-order valence-corrected chi connectivity index (χ3v) is 2.99. The Labute approximate surface area is 118 Å². The van der Waals surface area contributed by atoms with E-state index in [0.29, 0.717) is 11.4 Å². The Morgan fingerprint density at radius 1 is 1.11 bits per heavy atom. The second kappa shape index (κ2) is 5.89. The summed E-state index contributed by atoms with van der Waals surface area (Å²) in [6, 6.07) is 13.3. The van der Waals surface area contributed by atoms with Gasteiger partial charge in [-0.15, -0.1) is 0 Å². The smallest absolute Gasteiger partial charge is 0.228 e. The molecule has 0 aliphatic heterocycles. The first-order valence-corrected chi connectivity index (χ1v) is 6.53. The van der Waals surface area contributed by atoms with E-state index >= 15 is 0 Å². The molecule has 0 unspecified atom stereocenters. The number of carbonyl (C=O) groups excluding carboxylic acids is 1. The lowest BCUT2D eigenvalue weighted by molar-refractivity contribution is -0.115. The van der Waals surface area contributed by atoms with Crippen molar-refractivity contribution in [1.82, 2.24) is 0 Å². The number of rotatable bonds is 3. The zero-order valence-corrected chi connectivity index (χ0v) is 11.8. The van der Waals surface area contributed by atoms with Gasteiger partial charge in [0, 0.05) is 10.7 Å². The maximum absolute atomic E-state index is 12.0. The average molecular weight is 274 g/mol. The third kappa shape index (κ3) is 4.11. The molecule has 2 rings (SSSR count). The van der Waals surface area contributed by atoms with Crippen molar-refractivity contribution in [3.63, 3.8) is 0 Å². The molecule has 0 aliphatic carbocycles. The van der Waals surface area contributed by atoms with E-state index in [4.69, 9.17) is 11.6 Å². The van der Waals surface area contributed by atoms with Crippen LogP contribution in [0.25, 0.3) is 0 Å². The third-order valence-electron chi connectivity index (χ3n) is 2.76. The summed E-state index contributed by atoms with van der Waals surface area (Å²) in [5.74, 6) is -0.0349. The molecule has 0 heterocycles. The summed E-state index contributed by atoms with van der Waals surface area (Å²) in [5.41, 5.74) is 4.02. The first-order chi connectivity index (χ1) is 9.02. The van der Waals surface area contributed by atoms with Crippen LogP contribution in [0.2, 0.25) is 5.02 Å². The summed E-state index contributed by atoms with van der Waals surface area (Å²) in [7, 11) is 0. The summed E-state index contributed by atoms with van der Waals surface area (Å²) >= 11 is 5.90. The number of hydrogen-bond donors (Lipinski definition) is 1. The number of aryl methyl sites for hydroxylation is 2. The van der Waals surface area contributed by atoms with Gasteiger partial charge < -0.3 is 5.32 Å². The Morgan fingerprint density at radius 3 is 2.42 bits per heavy atom. The molecule has 0 bridgehead atoms. The van der Waals surface area contributed by atoms with Crippen LogP contribution in [0, 0.1) is 13.8 Å². The van der Waals surface area contributed by atoms with Gasteiger partial charge in [0.05, 0.1) is 6.42 Å². The summed E-state index contributed by atoms with van der Waals surface area (Å²) in [6.07, 6.45) is 0.327. The predicted octanol–water partition coefficient (Wildman–Crippen LogP) is 4.14. The average Bonchev–Trinajstić information content (AvgIpc) is 2.26. The van der Waals surface area contributed by atoms with E-state index in [0.717, 1.165) is 22.4 Å². The van der Waals surface area contributed by atoms with Gasteiger partial charge in [0.1, 0.15) is 0 Å². The molecule has 0 fully saturated rings. The van der Waals surface area contributed by atoms with Gasteiger partial charge >= 0.3 is 0 Å². The molecule has 0 aliphatic rings. The Kier molecular flexibility index (Phi) is 4.23. The molecule has 1 amide bonds. The molecule has 2 aromatic carbocycles. The van der Waals surface area contributed by atoms with Crippen molar-refractivity contribution in [1.29, 1.82) is 0 Å². The molecular formula is C16H16ClNO. The van der Waals surface area contributed by atoms with E-state index in [9.17, 15) is 4.79 Å². The van der Waals surface area contributed by atoms with Crippen LogP contribution in [0.3, 0.4) is 0 Å². The first kappa shape index (κ1) is 13.6. The predicted molar refractivity (Wildman–Crippen MR) is 79.7 cm³/mol.